The Morgan fingerprint density at radius 2 is 2.06 bits per heavy atom. The van der Waals surface area contributed by atoms with E-state index in [1.54, 1.807) is 11.8 Å². The van der Waals surface area contributed by atoms with E-state index in [0.717, 1.165) is 0 Å². The monoisotopic (exact) mass is 253 g/mol. The fraction of sp³-hybridized carbons (Fsp3) is 0.545. The SMILES string of the molecule is Cc1oncc1C(=O)N1CCN(CC(=O)O)CC1. The summed E-state index contributed by atoms with van der Waals surface area (Å²) in [5.74, 6) is -0.443. The number of aromatic nitrogens is 1. The second kappa shape index (κ2) is 5.18. The molecule has 2 rings (SSSR count). The molecule has 1 N–H and O–H groups in total. The minimum atomic E-state index is -0.843. The van der Waals surface area contributed by atoms with Crippen LogP contribution in [0.5, 0.6) is 0 Å². The van der Waals surface area contributed by atoms with Gasteiger partial charge in [-0.05, 0) is 6.92 Å². The molecule has 0 aromatic carbocycles. The second-order valence-corrected chi connectivity index (χ2v) is 4.26. The first-order valence-corrected chi connectivity index (χ1v) is 5.72. The van der Waals surface area contributed by atoms with E-state index in [-0.39, 0.29) is 12.5 Å². The lowest BCUT2D eigenvalue weighted by Crippen LogP contribution is -2.49. The van der Waals surface area contributed by atoms with E-state index in [4.69, 9.17) is 9.63 Å². The van der Waals surface area contributed by atoms with Gasteiger partial charge in [0, 0.05) is 26.2 Å². The zero-order valence-electron chi connectivity index (χ0n) is 10.1. The number of aryl methyl sites for hydroxylation is 1. The van der Waals surface area contributed by atoms with Crippen LogP contribution in [0.4, 0.5) is 0 Å². The summed E-state index contributed by atoms with van der Waals surface area (Å²) >= 11 is 0. The number of aliphatic carboxylic acids is 1. The third kappa shape index (κ3) is 2.67. The van der Waals surface area contributed by atoms with Crippen LogP contribution in [0, 0.1) is 6.92 Å². The highest BCUT2D eigenvalue weighted by molar-refractivity contribution is 5.94. The number of carbonyl (C=O) groups is 2. The molecule has 2 heterocycles. The van der Waals surface area contributed by atoms with Gasteiger partial charge in [-0.2, -0.15) is 0 Å². The van der Waals surface area contributed by atoms with Crippen molar-refractivity contribution >= 4 is 11.9 Å². The summed E-state index contributed by atoms with van der Waals surface area (Å²) in [5.41, 5.74) is 0.474. The van der Waals surface area contributed by atoms with Crippen LogP contribution in [-0.4, -0.2) is 64.7 Å². The molecule has 1 aromatic heterocycles. The molecule has 0 aliphatic carbocycles. The minimum absolute atomic E-state index is 0.0221. The molecule has 0 atom stereocenters. The molecule has 1 aromatic rings. The average molecular weight is 253 g/mol. The number of piperazine rings is 1. The normalized spacial score (nSPS) is 16.8. The predicted octanol–water partition coefficient (Wildman–Crippen LogP) is -0.175. The summed E-state index contributed by atoms with van der Waals surface area (Å²) < 4.78 is 4.86. The molecule has 98 valence electrons. The van der Waals surface area contributed by atoms with Crippen molar-refractivity contribution in [3.05, 3.63) is 17.5 Å². The predicted molar refractivity (Wildman–Crippen MR) is 61.2 cm³/mol. The number of carboxylic acids is 1. The Labute approximate surface area is 104 Å². The standard InChI is InChI=1S/C11H15N3O4/c1-8-9(6-12-18-8)11(17)14-4-2-13(3-5-14)7-10(15)16/h6H,2-5,7H2,1H3,(H,15,16). The number of rotatable bonds is 3. The van der Waals surface area contributed by atoms with Gasteiger partial charge in [0.1, 0.15) is 11.3 Å². The van der Waals surface area contributed by atoms with E-state index >= 15 is 0 Å². The molecule has 1 amide bonds. The Balaban J connectivity index is 1.92. The lowest BCUT2D eigenvalue weighted by molar-refractivity contribution is -0.138. The van der Waals surface area contributed by atoms with Crippen LogP contribution in [0.1, 0.15) is 16.1 Å². The molecule has 1 fully saturated rings. The molecule has 18 heavy (non-hydrogen) atoms. The van der Waals surface area contributed by atoms with Crippen molar-refractivity contribution in [1.82, 2.24) is 15.0 Å². The maximum atomic E-state index is 12.1. The first-order valence-electron chi connectivity index (χ1n) is 5.72. The van der Waals surface area contributed by atoms with Crippen molar-refractivity contribution < 1.29 is 19.2 Å². The summed E-state index contributed by atoms with van der Waals surface area (Å²) in [4.78, 5) is 26.2. The molecule has 7 nitrogen and oxygen atoms in total. The Morgan fingerprint density at radius 3 is 2.56 bits per heavy atom. The van der Waals surface area contributed by atoms with Gasteiger partial charge in [0.15, 0.2) is 0 Å². The van der Waals surface area contributed by atoms with Gasteiger partial charge in [-0.25, -0.2) is 0 Å². The third-order valence-electron chi connectivity index (χ3n) is 3.00. The highest BCUT2D eigenvalue weighted by atomic mass is 16.5. The molecular weight excluding hydrogens is 238 g/mol. The van der Waals surface area contributed by atoms with Gasteiger partial charge < -0.3 is 14.5 Å². The van der Waals surface area contributed by atoms with Crippen molar-refractivity contribution in [3.63, 3.8) is 0 Å². The number of nitrogens with zero attached hydrogens (tertiary/aromatic N) is 3. The zero-order valence-corrected chi connectivity index (χ0v) is 10.1. The first kappa shape index (κ1) is 12.6. The third-order valence-corrected chi connectivity index (χ3v) is 3.00. The van der Waals surface area contributed by atoms with Crippen LogP contribution >= 0.6 is 0 Å². The highest BCUT2D eigenvalue weighted by Gasteiger charge is 2.25. The number of hydrogen-bond donors (Lipinski definition) is 1. The van der Waals surface area contributed by atoms with E-state index in [9.17, 15) is 9.59 Å². The topological polar surface area (TPSA) is 86.9 Å². The Kier molecular flexibility index (Phi) is 3.61. The molecule has 0 saturated carbocycles. The molecule has 1 aliphatic rings. The van der Waals surface area contributed by atoms with Crippen molar-refractivity contribution in [2.24, 2.45) is 0 Å². The number of hydrogen-bond acceptors (Lipinski definition) is 5. The van der Waals surface area contributed by atoms with Crippen LogP contribution < -0.4 is 0 Å². The van der Waals surface area contributed by atoms with Crippen molar-refractivity contribution in [2.45, 2.75) is 6.92 Å². The van der Waals surface area contributed by atoms with E-state index in [1.807, 2.05) is 4.90 Å². The average Bonchev–Trinajstić information content (AvgIpc) is 2.75. The Hall–Kier alpha value is -1.89. The molecule has 7 heteroatoms. The Bertz CT molecular complexity index is 449. The van der Waals surface area contributed by atoms with Crippen LogP contribution in [0.15, 0.2) is 10.7 Å². The van der Waals surface area contributed by atoms with Gasteiger partial charge in [0.2, 0.25) is 0 Å². The van der Waals surface area contributed by atoms with Crippen LogP contribution in [0.3, 0.4) is 0 Å². The highest BCUT2D eigenvalue weighted by Crippen LogP contribution is 2.12. The molecule has 0 unspecified atom stereocenters. The van der Waals surface area contributed by atoms with Crippen molar-refractivity contribution in [1.29, 1.82) is 0 Å². The summed E-state index contributed by atoms with van der Waals surface area (Å²) in [6.45, 7) is 3.91. The van der Waals surface area contributed by atoms with E-state index < -0.39 is 5.97 Å². The molecule has 0 bridgehead atoms. The van der Waals surface area contributed by atoms with Gasteiger partial charge in [-0.3, -0.25) is 14.5 Å². The molecule has 0 spiro atoms. The lowest BCUT2D eigenvalue weighted by Gasteiger charge is -2.33. The summed E-state index contributed by atoms with van der Waals surface area (Å²) in [6.07, 6.45) is 1.42. The van der Waals surface area contributed by atoms with Gasteiger partial charge in [-0.15, -0.1) is 0 Å². The smallest absolute Gasteiger partial charge is 0.317 e. The van der Waals surface area contributed by atoms with Crippen LogP contribution in [-0.2, 0) is 4.79 Å². The second-order valence-electron chi connectivity index (χ2n) is 4.26. The fourth-order valence-electron chi connectivity index (χ4n) is 1.97. The van der Waals surface area contributed by atoms with Gasteiger partial charge in [0.05, 0.1) is 12.7 Å². The Morgan fingerprint density at radius 1 is 1.39 bits per heavy atom. The fourth-order valence-corrected chi connectivity index (χ4v) is 1.97. The maximum absolute atomic E-state index is 12.1. The first-order chi connectivity index (χ1) is 8.58. The van der Waals surface area contributed by atoms with Gasteiger partial charge in [-0.1, -0.05) is 5.16 Å². The molecule has 0 radical (unpaired) electrons. The largest absolute Gasteiger partial charge is 0.480 e. The van der Waals surface area contributed by atoms with Gasteiger partial charge >= 0.3 is 5.97 Å². The van der Waals surface area contributed by atoms with Crippen LogP contribution in [0.2, 0.25) is 0 Å². The summed E-state index contributed by atoms with van der Waals surface area (Å²) in [7, 11) is 0. The van der Waals surface area contributed by atoms with E-state index in [2.05, 4.69) is 5.16 Å². The van der Waals surface area contributed by atoms with Crippen molar-refractivity contribution in [3.8, 4) is 0 Å². The van der Waals surface area contributed by atoms with E-state index in [1.165, 1.54) is 6.20 Å². The molecular formula is C11H15N3O4. The van der Waals surface area contributed by atoms with E-state index in [0.29, 0.717) is 37.5 Å². The number of amides is 1. The molecule has 1 aliphatic heterocycles. The number of carboxylic acid groups (broad SMARTS) is 1. The van der Waals surface area contributed by atoms with Gasteiger partial charge in [0.25, 0.3) is 5.91 Å². The minimum Gasteiger partial charge on any atom is -0.480 e. The zero-order chi connectivity index (χ0) is 13.1. The van der Waals surface area contributed by atoms with Crippen molar-refractivity contribution in [2.75, 3.05) is 32.7 Å². The quantitative estimate of drug-likeness (QED) is 0.804. The maximum Gasteiger partial charge on any atom is 0.317 e. The van der Waals surface area contributed by atoms with Crippen LogP contribution in [0.25, 0.3) is 0 Å². The summed E-state index contributed by atoms with van der Waals surface area (Å²) in [5, 5.41) is 12.3. The molecule has 1 saturated heterocycles. The summed E-state index contributed by atoms with van der Waals surface area (Å²) in [6, 6.07) is 0. The lowest BCUT2D eigenvalue weighted by atomic mass is 10.2. The number of carbonyl (C=O) groups excluding carboxylic acids is 1.